The molecule has 4 nitrogen and oxygen atoms in total. The van der Waals surface area contributed by atoms with Crippen LogP contribution in [0.15, 0.2) is 24.4 Å². The summed E-state index contributed by atoms with van der Waals surface area (Å²) in [4.78, 5) is 7.98. The molecule has 0 atom stereocenters. The Morgan fingerprint density at radius 2 is 1.95 bits per heavy atom. The molecule has 1 aromatic carbocycles. The predicted molar refractivity (Wildman–Crippen MR) is 76.1 cm³/mol. The van der Waals surface area contributed by atoms with E-state index in [1.807, 2.05) is 0 Å². The highest BCUT2D eigenvalue weighted by Crippen LogP contribution is 2.33. The summed E-state index contributed by atoms with van der Waals surface area (Å²) in [6.07, 6.45) is -3.04. The van der Waals surface area contributed by atoms with Gasteiger partial charge in [0.25, 0.3) is 0 Å². The first-order valence-electron chi connectivity index (χ1n) is 5.96. The molecule has 0 bridgehead atoms. The SMILES string of the molecule is CNc1ncc(Cl)c(Nc2cc(C(F)(F)F)ccc2C)n1. The number of nitrogens with zero attached hydrogens (tertiary/aromatic N) is 2. The van der Waals surface area contributed by atoms with Crippen LogP contribution in [-0.4, -0.2) is 17.0 Å². The normalized spacial score (nSPS) is 11.3. The zero-order valence-electron chi connectivity index (χ0n) is 11.2. The minimum absolute atomic E-state index is 0.214. The molecule has 0 aliphatic carbocycles. The number of aromatic nitrogens is 2. The van der Waals surface area contributed by atoms with E-state index in [1.165, 1.54) is 12.3 Å². The molecule has 1 heterocycles. The Bertz CT molecular complexity index is 658. The van der Waals surface area contributed by atoms with Gasteiger partial charge in [-0.1, -0.05) is 17.7 Å². The highest BCUT2D eigenvalue weighted by atomic mass is 35.5. The number of hydrogen-bond donors (Lipinski definition) is 2. The number of benzene rings is 1. The first kappa shape index (κ1) is 15.4. The van der Waals surface area contributed by atoms with Crippen molar-refractivity contribution in [3.05, 3.63) is 40.5 Å². The Balaban J connectivity index is 2.39. The Labute approximate surface area is 124 Å². The van der Waals surface area contributed by atoms with Gasteiger partial charge in [0, 0.05) is 12.7 Å². The van der Waals surface area contributed by atoms with E-state index in [9.17, 15) is 13.2 Å². The van der Waals surface area contributed by atoms with Gasteiger partial charge >= 0.3 is 6.18 Å². The van der Waals surface area contributed by atoms with E-state index in [4.69, 9.17) is 11.6 Å². The average Bonchev–Trinajstić information content (AvgIpc) is 2.42. The van der Waals surface area contributed by atoms with E-state index < -0.39 is 11.7 Å². The van der Waals surface area contributed by atoms with Crippen molar-refractivity contribution in [1.29, 1.82) is 0 Å². The summed E-state index contributed by atoms with van der Waals surface area (Å²) < 4.78 is 38.2. The minimum atomic E-state index is -4.41. The molecule has 2 rings (SSSR count). The van der Waals surface area contributed by atoms with Crippen molar-refractivity contribution in [3.8, 4) is 0 Å². The second-order valence-corrected chi connectivity index (χ2v) is 4.70. The van der Waals surface area contributed by atoms with Crippen molar-refractivity contribution < 1.29 is 13.2 Å². The van der Waals surface area contributed by atoms with E-state index in [0.717, 1.165) is 12.1 Å². The van der Waals surface area contributed by atoms with Crippen LogP contribution in [0.4, 0.5) is 30.6 Å². The second-order valence-electron chi connectivity index (χ2n) is 4.29. The third-order valence-corrected chi connectivity index (χ3v) is 3.06. The van der Waals surface area contributed by atoms with Gasteiger partial charge in [0.2, 0.25) is 5.95 Å². The Morgan fingerprint density at radius 1 is 1.24 bits per heavy atom. The van der Waals surface area contributed by atoms with Crippen LogP contribution in [0.3, 0.4) is 0 Å². The summed E-state index contributed by atoms with van der Waals surface area (Å²) in [6, 6.07) is 3.44. The van der Waals surface area contributed by atoms with Crippen molar-refractivity contribution >= 4 is 29.1 Å². The molecule has 0 aliphatic heterocycles. The van der Waals surface area contributed by atoms with Crippen LogP contribution in [0.25, 0.3) is 0 Å². The lowest BCUT2D eigenvalue weighted by atomic mass is 10.1. The summed E-state index contributed by atoms with van der Waals surface area (Å²) in [7, 11) is 1.63. The van der Waals surface area contributed by atoms with E-state index in [2.05, 4.69) is 20.6 Å². The average molecular weight is 317 g/mol. The lowest BCUT2D eigenvalue weighted by Gasteiger charge is -2.14. The molecule has 2 aromatic rings. The highest BCUT2D eigenvalue weighted by molar-refractivity contribution is 6.32. The predicted octanol–water partition coefficient (Wildman–Crippen LogP) is 4.24. The molecule has 1 aromatic heterocycles. The quantitative estimate of drug-likeness (QED) is 0.889. The van der Waals surface area contributed by atoms with E-state index in [1.54, 1.807) is 14.0 Å². The molecule has 8 heteroatoms. The topological polar surface area (TPSA) is 49.8 Å². The van der Waals surface area contributed by atoms with Gasteiger partial charge in [0.05, 0.1) is 11.8 Å². The number of hydrogen-bond acceptors (Lipinski definition) is 4. The van der Waals surface area contributed by atoms with Crippen molar-refractivity contribution in [3.63, 3.8) is 0 Å². The smallest absolute Gasteiger partial charge is 0.357 e. The molecule has 21 heavy (non-hydrogen) atoms. The number of alkyl halides is 3. The first-order chi connectivity index (χ1) is 9.81. The van der Waals surface area contributed by atoms with Crippen LogP contribution in [-0.2, 0) is 6.18 Å². The van der Waals surface area contributed by atoms with Crippen molar-refractivity contribution in [2.75, 3.05) is 17.7 Å². The third-order valence-electron chi connectivity index (χ3n) is 2.79. The molecular formula is C13H12ClF3N4. The summed E-state index contributed by atoms with van der Waals surface area (Å²) in [6.45, 7) is 1.69. The first-order valence-corrected chi connectivity index (χ1v) is 6.34. The maximum Gasteiger partial charge on any atom is 0.416 e. The molecule has 0 saturated carbocycles. The highest BCUT2D eigenvalue weighted by Gasteiger charge is 2.30. The van der Waals surface area contributed by atoms with Crippen LogP contribution in [0.2, 0.25) is 5.02 Å². The third kappa shape index (κ3) is 3.55. The maximum absolute atomic E-state index is 12.7. The van der Waals surface area contributed by atoms with Crippen LogP contribution in [0.5, 0.6) is 0 Å². The second kappa shape index (κ2) is 5.77. The van der Waals surface area contributed by atoms with E-state index in [-0.39, 0.29) is 16.5 Å². The standard InChI is InChI=1S/C13H12ClF3N4/c1-7-3-4-8(13(15,16)17)5-10(7)20-11-9(14)6-19-12(18-2)21-11/h3-6H,1-2H3,(H2,18,19,20,21). The summed E-state index contributed by atoms with van der Waals surface area (Å²) in [5.74, 6) is 0.546. The van der Waals surface area contributed by atoms with E-state index >= 15 is 0 Å². The Morgan fingerprint density at radius 3 is 2.57 bits per heavy atom. The van der Waals surface area contributed by atoms with Gasteiger partial charge in [-0.15, -0.1) is 0 Å². The molecule has 0 amide bonds. The van der Waals surface area contributed by atoms with Gasteiger partial charge < -0.3 is 10.6 Å². The fourth-order valence-electron chi connectivity index (χ4n) is 1.64. The number of nitrogens with one attached hydrogen (secondary N) is 2. The minimum Gasteiger partial charge on any atom is -0.357 e. The van der Waals surface area contributed by atoms with E-state index in [0.29, 0.717) is 11.5 Å². The van der Waals surface area contributed by atoms with Gasteiger partial charge in [0.1, 0.15) is 5.02 Å². The molecule has 0 aliphatic rings. The van der Waals surface area contributed by atoms with Gasteiger partial charge in [-0.2, -0.15) is 18.2 Å². The van der Waals surface area contributed by atoms with Gasteiger partial charge in [0.15, 0.2) is 5.82 Å². The van der Waals surface area contributed by atoms with Gasteiger partial charge in [-0.05, 0) is 24.6 Å². The molecule has 0 fully saturated rings. The largest absolute Gasteiger partial charge is 0.416 e. The zero-order chi connectivity index (χ0) is 15.6. The number of anilines is 3. The lowest BCUT2D eigenvalue weighted by molar-refractivity contribution is -0.137. The lowest BCUT2D eigenvalue weighted by Crippen LogP contribution is -2.07. The van der Waals surface area contributed by atoms with Crippen molar-refractivity contribution in [2.45, 2.75) is 13.1 Å². The Kier molecular flexibility index (Phi) is 4.22. The summed E-state index contributed by atoms with van der Waals surface area (Å²) in [5.41, 5.74) is 0.186. The van der Waals surface area contributed by atoms with Crippen LogP contribution in [0.1, 0.15) is 11.1 Å². The molecule has 0 saturated heterocycles. The van der Waals surface area contributed by atoms with Crippen molar-refractivity contribution in [2.24, 2.45) is 0 Å². The van der Waals surface area contributed by atoms with Gasteiger partial charge in [-0.3, -0.25) is 0 Å². The molecule has 112 valence electrons. The fourth-order valence-corrected chi connectivity index (χ4v) is 1.77. The molecule has 2 N–H and O–H groups in total. The maximum atomic E-state index is 12.7. The zero-order valence-corrected chi connectivity index (χ0v) is 12.0. The fraction of sp³-hybridized carbons (Fsp3) is 0.231. The summed E-state index contributed by atoms with van der Waals surface area (Å²) >= 11 is 5.95. The number of rotatable bonds is 3. The summed E-state index contributed by atoms with van der Waals surface area (Å²) in [5, 5.41) is 5.75. The Hall–Kier alpha value is -2.02. The number of aryl methyl sites for hydroxylation is 1. The van der Waals surface area contributed by atoms with Crippen LogP contribution in [0, 0.1) is 6.92 Å². The molecule has 0 radical (unpaired) electrons. The molecular weight excluding hydrogens is 305 g/mol. The van der Waals surface area contributed by atoms with Crippen LogP contribution >= 0.6 is 11.6 Å². The molecule has 0 unspecified atom stereocenters. The number of halogens is 4. The molecule has 0 spiro atoms. The monoisotopic (exact) mass is 316 g/mol. The van der Waals surface area contributed by atoms with Crippen LogP contribution < -0.4 is 10.6 Å². The van der Waals surface area contributed by atoms with Gasteiger partial charge in [-0.25, -0.2) is 4.98 Å². The van der Waals surface area contributed by atoms with Crippen molar-refractivity contribution in [1.82, 2.24) is 9.97 Å².